The van der Waals surface area contributed by atoms with Crippen molar-refractivity contribution < 1.29 is 0 Å². The second-order valence-electron chi connectivity index (χ2n) is 9.10. The molecule has 2 fully saturated rings. The van der Waals surface area contributed by atoms with Crippen LogP contribution in [-0.4, -0.2) is 0 Å². The Hall–Kier alpha value is -1.00. The lowest BCUT2D eigenvalue weighted by Gasteiger charge is -2.56. The Morgan fingerprint density at radius 3 is 2.74 bits per heavy atom. The summed E-state index contributed by atoms with van der Waals surface area (Å²) in [7, 11) is 0. The van der Waals surface area contributed by atoms with Crippen molar-refractivity contribution in [3.05, 3.63) is 41.7 Å². The molecule has 0 radical (unpaired) electrons. The van der Waals surface area contributed by atoms with Crippen molar-refractivity contribution in [2.45, 2.75) is 65.7 Å². The van der Waals surface area contributed by atoms with E-state index in [1.54, 1.807) is 5.57 Å². The van der Waals surface area contributed by atoms with Crippen molar-refractivity contribution in [2.24, 2.45) is 34.5 Å². The molecule has 0 aromatic carbocycles. The van der Waals surface area contributed by atoms with Crippen molar-refractivity contribution in [3.8, 4) is 0 Å². The van der Waals surface area contributed by atoms with E-state index in [0.29, 0.717) is 10.8 Å². The van der Waals surface area contributed by atoms with Crippen LogP contribution in [0.1, 0.15) is 65.7 Å². The van der Waals surface area contributed by atoms with Gasteiger partial charge in [-0.3, -0.25) is 0 Å². The van der Waals surface area contributed by atoms with Crippen LogP contribution in [0.2, 0.25) is 0 Å². The van der Waals surface area contributed by atoms with Crippen molar-refractivity contribution in [2.75, 3.05) is 0 Å². The first kappa shape index (κ1) is 15.5. The van der Waals surface area contributed by atoms with Gasteiger partial charge in [0.25, 0.3) is 0 Å². The highest BCUT2D eigenvalue weighted by atomic mass is 14.6. The maximum Gasteiger partial charge on any atom is -0.00377 e. The van der Waals surface area contributed by atoms with Crippen LogP contribution in [0.25, 0.3) is 0 Å². The average Bonchev–Trinajstić information content (AvgIpc) is 2.90. The Labute approximate surface area is 142 Å². The van der Waals surface area contributed by atoms with Gasteiger partial charge in [0.2, 0.25) is 0 Å². The fourth-order valence-electron chi connectivity index (χ4n) is 6.94. The molecule has 3 unspecified atom stereocenters. The van der Waals surface area contributed by atoms with E-state index in [4.69, 9.17) is 0 Å². The molecule has 6 atom stereocenters. The van der Waals surface area contributed by atoms with Gasteiger partial charge < -0.3 is 0 Å². The first-order valence-corrected chi connectivity index (χ1v) is 9.82. The van der Waals surface area contributed by atoms with Crippen LogP contribution >= 0.6 is 0 Å². The van der Waals surface area contributed by atoms with Crippen LogP contribution in [0.3, 0.4) is 0 Å². The summed E-state index contributed by atoms with van der Waals surface area (Å²) in [6, 6.07) is 0. The zero-order chi connectivity index (χ0) is 16.2. The van der Waals surface area contributed by atoms with Gasteiger partial charge in [-0.25, -0.2) is 0 Å². The molecule has 4 rings (SSSR count). The molecule has 0 heterocycles. The normalized spacial score (nSPS) is 48.1. The summed E-state index contributed by atoms with van der Waals surface area (Å²) in [5, 5.41) is 0. The highest BCUT2D eigenvalue weighted by Gasteiger charge is 2.57. The summed E-state index contributed by atoms with van der Waals surface area (Å²) in [6.45, 7) is 11.4. The van der Waals surface area contributed by atoms with E-state index in [1.807, 2.05) is 0 Å². The Bertz CT molecular complexity index is 614. The van der Waals surface area contributed by atoms with Gasteiger partial charge in [0, 0.05) is 0 Å². The minimum absolute atomic E-state index is 0.394. The standard InChI is InChI=1S/C23H32/c1-5-16-11-13-23(4)18(15-16)7-9-19-20-10-8-17(6-2)22(20,3)14-12-21(19)23/h7,9,15,17,19-21H,1,6,8,10-14H2,2-4H3/t17-,19?,20?,21?,22+,23-/m0/s1. The average molecular weight is 309 g/mol. The van der Waals surface area contributed by atoms with Gasteiger partial charge in [0.1, 0.15) is 0 Å². The molecule has 0 aromatic heterocycles. The molecule has 0 aromatic rings. The number of allylic oxidation sites excluding steroid dienone is 5. The predicted octanol–water partition coefficient (Wildman–Crippen LogP) is 6.46. The fourth-order valence-corrected chi connectivity index (χ4v) is 6.94. The first-order valence-electron chi connectivity index (χ1n) is 9.82. The highest BCUT2D eigenvalue weighted by Crippen LogP contribution is 2.65. The summed E-state index contributed by atoms with van der Waals surface area (Å²) >= 11 is 0. The van der Waals surface area contributed by atoms with Crippen molar-refractivity contribution in [3.63, 3.8) is 0 Å². The van der Waals surface area contributed by atoms with Crippen LogP contribution in [0.4, 0.5) is 0 Å². The van der Waals surface area contributed by atoms with E-state index in [1.165, 1.54) is 50.5 Å². The van der Waals surface area contributed by atoms with E-state index in [-0.39, 0.29) is 0 Å². The molecule has 0 aliphatic heterocycles. The van der Waals surface area contributed by atoms with Gasteiger partial charge in [-0.05, 0) is 90.2 Å². The van der Waals surface area contributed by atoms with E-state index in [9.17, 15) is 0 Å². The monoisotopic (exact) mass is 308 g/mol. The molecule has 0 N–H and O–H groups in total. The highest BCUT2D eigenvalue weighted by molar-refractivity contribution is 5.41. The molecule has 23 heavy (non-hydrogen) atoms. The molecule has 4 aliphatic rings. The third kappa shape index (κ3) is 2.04. The summed E-state index contributed by atoms with van der Waals surface area (Å²) in [6.07, 6.45) is 17.1. The Morgan fingerprint density at radius 2 is 2.00 bits per heavy atom. The Kier molecular flexibility index (Phi) is 3.54. The molecule has 0 spiro atoms. The number of hydrogen-bond donors (Lipinski definition) is 0. The van der Waals surface area contributed by atoms with Crippen molar-refractivity contribution in [1.29, 1.82) is 0 Å². The summed E-state index contributed by atoms with van der Waals surface area (Å²) in [5.41, 5.74) is 7.02. The number of hydrogen-bond acceptors (Lipinski definition) is 0. The summed E-state index contributed by atoms with van der Waals surface area (Å²) < 4.78 is 0. The molecule has 0 nitrogen and oxygen atoms in total. The minimum atomic E-state index is 0.394. The lowest BCUT2D eigenvalue weighted by molar-refractivity contribution is -0.0143. The first-order chi connectivity index (χ1) is 11.0. The van der Waals surface area contributed by atoms with Crippen molar-refractivity contribution in [1.82, 2.24) is 0 Å². The summed E-state index contributed by atoms with van der Waals surface area (Å²) in [5.74, 6) is 3.57. The largest absolute Gasteiger partial charge is 0.125 e. The van der Waals surface area contributed by atoms with Crippen LogP contribution in [0.15, 0.2) is 41.7 Å². The topological polar surface area (TPSA) is 0 Å². The van der Waals surface area contributed by atoms with Crippen LogP contribution in [-0.2, 0) is 0 Å². The number of rotatable bonds is 1. The number of fused-ring (bicyclic) bond motifs is 5. The van der Waals surface area contributed by atoms with Gasteiger partial charge >= 0.3 is 0 Å². The van der Waals surface area contributed by atoms with Gasteiger partial charge in [0.05, 0.1) is 0 Å². The maximum absolute atomic E-state index is 3.87. The zero-order valence-electron chi connectivity index (χ0n) is 15.2. The second kappa shape index (κ2) is 5.25. The third-order valence-electron chi connectivity index (χ3n) is 8.47. The van der Waals surface area contributed by atoms with Crippen LogP contribution in [0, 0.1) is 34.5 Å². The van der Waals surface area contributed by atoms with E-state index < -0.39 is 0 Å². The molecule has 0 saturated heterocycles. The molecular formula is C23H32. The molecule has 0 heteroatoms. The smallest absolute Gasteiger partial charge is 0.00377 e. The minimum Gasteiger partial charge on any atom is -0.125 e. The third-order valence-corrected chi connectivity index (χ3v) is 8.47. The zero-order valence-corrected chi connectivity index (χ0v) is 15.2. The van der Waals surface area contributed by atoms with Gasteiger partial charge in [0.15, 0.2) is 0 Å². The lowest BCUT2D eigenvalue weighted by Crippen LogP contribution is -2.48. The van der Waals surface area contributed by atoms with E-state index >= 15 is 0 Å². The molecule has 4 aliphatic carbocycles. The Morgan fingerprint density at radius 1 is 1.17 bits per heavy atom. The van der Waals surface area contributed by atoms with Gasteiger partial charge in [-0.2, -0.15) is 0 Å². The van der Waals surface area contributed by atoms with E-state index in [0.717, 1.165) is 23.7 Å². The van der Waals surface area contributed by atoms with Crippen LogP contribution < -0.4 is 0 Å². The molecule has 0 amide bonds. The van der Waals surface area contributed by atoms with Crippen LogP contribution in [0.5, 0.6) is 0 Å². The fraction of sp³-hybridized carbons (Fsp3) is 0.696. The maximum atomic E-state index is 3.87. The molecule has 2 saturated carbocycles. The molecular weight excluding hydrogens is 276 g/mol. The lowest BCUT2D eigenvalue weighted by atomic mass is 9.48. The SMILES string of the molecule is C=C=C1C=C2C=CC3C(CC[C@@]4(C)C3CC[C@@H]4CC)[C@@]2(C)CC1. The van der Waals surface area contributed by atoms with Gasteiger partial charge in [-0.15, -0.1) is 5.73 Å². The molecule has 124 valence electrons. The van der Waals surface area contributed by atoms with Gasteiger partial charge in [-0.1, -0.05) is 45.9 Å². The van der Waals surface area contributed by atoms with Crippen molar-refractivity contribution >= 4 is 0 Å². The second-order valence-corrected chi connectivity index (χ2v) is 9.10. The Balaban J connectivity index is 1.73. The van der Waals surface area contributed by atoms with E-state index in [2.05, 4.69) is 51.3 Å². The quantitative estimate of drug-likeness (QED) is 0.487. The predicted molar refractivity (Wildman–Crippen MR) is 98.0 cm³/mol. The summed E-state index contributed by atoms with van der Waals surface area (Å²) in [4.78, 5) is 0. The molecule has 0 bridgehead atoms.